The molecule has 2 heterocycles. The van der Waals surface area contributed by atoms with Crippen molar-refractivity contribution in [2.45, 2.75) is 165 Å². The number of hydrogen-bond donors (Lipinski definition) is 3. The highest BCUT2D eigenvalue weighted by molar-refractivity contribution is 7.91. The van der Waals surface area contributed by atoms with E-state index in [2.05, 4.69) is 17.9 Å². The molecule has 1 aromatic rings. The van der Waals surface area contributed by atoms with E-state index >= 15 is 0 Å². The van der Waals surface area contributed by atoms with Crippen molar-refractivity contribution in [1.82, 2.24) is 9.80 Å². The number of phosphoric acid groups is 1. The monoisotopic (exact) mass is 880 g/mol. The Balaban J connectivity index is 1.05. The number of piperidine rings is 2. The van der Waals surface area contributed by atoms with Gasteiger partial charge in [0.25, 0.3) is 0 Å². The molecular weight excluding hydrogens is 815 g/mol. The second-order valence-electron chi connectivity index (χ2n) is 18.6. The summed E-state index contributed by atoms with van der Waals surface area (Å²) in [6.45, 7) is 4.89. The number of rotatable bonds is 18. The summed E-state index contributed by atoms with van der Waals surface area (Å²) < 4.78 is 92.4. The van der Waals surface area contributed by atoms with E-state index in [-0.39, 0.29) is 16.9 Å². The van der Waals surface area contributed by atoms with Gasteiger partial charge in [-0.1, -0.05) is 62.7 Å². The van der Waals surface area contributed by atoms with Crippen LogP contribution in [0.5, 0.6) is 5.75 Å². The SMILES string of the molecule is C[C@]12CC[C@@H]3c4ccc(OP(=O)(O)O)cc4C[C@@H](CCCCCCCCC[S+]([O-])CCCC(F)(F)C(F)(F)F)[C@@H]3[C@@H]1CC[C@@H]2C1CCCCN1C1CCN(C(=O)O)CC1. The van der Waals surface area contributed by atoms with Crippen molar-refractivity contribution in [3.05, 3.63) is 29.3 Å². The van der Waals surface area contributed by atoms with E-state index in [4.69, 9.17) is 4.52 Å². The van der Waals surface area contributed by atoms with Crippen molar-refractivity contribution in [3.63, 3.8) is 0 Å². The molecular formula is C43H66F5N2O7PS. The number of alkyl halides is 5. The molecule has 336 valence electrons. The lowest BCUT2D eigenvalue weighted by atomic mass is 9.50. The van der Waals surface area contributed by atoms with Crippen molar-refractivity contribution in [2.75, 3.05) is 31.1 Å². The van der Waals surface area contributed by atoms with Crippen LogP contribution in [0.15, 0.2) is 18.2 Å². The van der Waals surface area contributed by atoms with Crippen molar-refractivity contribution < 1.29 is 55.3 Å². The van der Waals surface area contributed by atoms with Crippen molar-refractivity contribution >= 4 is 25.1 Å². The summed E-state index contributed by atoms with van der Waals surface area (Å²) in [5, 5.41) is 9.58. The average Bonchev–Trinajstić information content (AvgIpc) is 3.52. The Morgan fingerprint density at radius 1 is 0.898 bits per heavy atom. The summed E-state index contributed by atoms with van der Waals surface area (Å²) in [6.07, 6.45) is 10.6. The van der Waals surface area contributed by atoms with Gasteiger partial charge in [0.1, 0.15) is 17.3 Å². The lowest BCUT2D eigenvalue weighted by Gasteiger charge is -2.56. The van der Waals surface area contributed by atoms with Crippen LogP contribution >= 0.6 is 7.82 Å². The fourth-order valence-corrected chi connectivity index (χ4v) is 14.0. The first-order valence-corrected chi connectivity index (χ1v) is 25.3. The molecule has 2 unspecified atom stereocenters. The molecule has 16 heteroatoms. The highest BCUT2D eigenvalue weighted by Gasteiger charge is 2.59. The Labute approximate surface area is 350 Å². The minimum absolute atomic E-state index is 0.146. The zero-order chi connectivity index (χ0) is 42.6. The van der Waals surface area contributed by atoms with Gasteiger partial charge in [-0.25, -0.2) is 9.36 Å². The summed E-state index contributed by atoms with van der Waals surface area (Å²) in [7, 11) is -4.70. The normalized spacial score (nSPS) is 30.1. The van der Waals surface area contributed by atoms with E-state index in [1.807, 2.05) is 6.07 Å². The molecule has 0 aromatic heterocycles. The minimum atomic E-state index is -5.57. The zero-order valence-electron chi connectivity index (χ0n) is 34.6. The quantitative estimate of drug-likeness (QED) is 0.0574. The molecule has 2 saturated carbocycles. The number of likely N-dealkylation sites (tertiary alicyclic amines) is 2. The third kappa shape index (κ3) is 11.5. The second-order valence-corrected chi connectivity index (χ2v) is 21.5. The summed E-state index contributed by atoms with van der Waals surface area (Å²) in [6, 6.07) is 6.57. The van der Waals surface area contributed by atoms with Crippen LogP contribution in [0.1, 0.15) is 146 Å². The Kier molecular flexibility index (Phi) is 15.7. The van der Waals surface area contributed by atoms with Gasteiger partial charge in [0.05, 0.1) is 0 Å². The predicted octanol–water partition coefficient (Wildman–Crippen LogP) is 10.7. The van der Waals surface area contributed by atoms with Gasteiger partial charge in [0.15, 0.2) is 0 Å². The average molecular weight is 881 g/mol. The maximum absolute atomic E-state index is 13.1. The summed E-state index contributed by atoms with van der Waals surface area (Å²) in [5.41, 5.74) is 2.65. The largest absolute Gasteiger partial charge is 0.616 e. The Morgan fingerprint density at radius 3 is 2.24 bits per heavy atom. The minimum Gasteiger partial charge on any atom is -0.616 e. The van der Waals surface area contributed by atoms with Gasteiger partial charge in [-0.05, 0) is 148 Å². The molecule has 9 nitrogen and oxygen atoms in total. The maximum atomic E-state index is 13.1. The van der Waals surface area contributed by atoms with Gasteiger partial charge in [-0.15, -0.1) is 0 Å². The highest BCUT2D eigenvalue weighted by Crippen LogP contribution is 2.66. The first-order chi connectivity index (χ1) is 27.9. The Morgan fingerprint density at radius 2 is 1.56 bits per heavy atom. The highest BCUT2D eigenvalue weighted by atomic mass is 32.2. The molecule has 1 amide bonds. The molecule has 0 bridgehead atoms. The van der Waals surface area contributed by atoms with Crippen LogP contribution < -0.4 is 4.52 Å². The van der Waals surface area contributed by atoms with Crippen LogP contribution in [0.25, 0.3) is 0 Å². The van der Waals surface area contributed by atoms with Crippen LogP contribution in [-0.2, 0) is 22.2 Å². The number of carbonyl (C=O) groups is 1. The number of fused-ring (bicyclic) bond motifs is 5. The third-order valence-corrected chi connectivity index (χ3v) is 17.1. The molecule has 4 fully saturated rings. The van der Waals surface area contributed by atoms with Crippen LogP contribution in [0.4, 0.5) is 26.7 Å². The second kappa shape index (κ2) is 19.8. The van der Waals surface area contributed by atoms with Crippen LogP contribution in [0.2, 0.25) is 0 Å². The molecule has 5 aliphatic rings. The number of halogens is 5. The molecule has 6 rings (SSSR count). The van der Waals surface area contributed by atoms with Crippen molar-refractivity contribution in [1.29, 1.82) is 0 Å². The molecule has 0 radical (unpaired) electrons. The maximum Gasteiger partial charge on any atom is 0.524 e. The number of carboxylic acid groups (broad SMARTS) is 1. The van der Waals surface area contributed by atoms with E-state index in [0.29, 0.717) is 66.9 Å². The van der Waals surface area contributed by atoms with E-state index in [1.165, 1.54) is 37.7 Å². The molecule has 59 heavy (non-hydrogen) atoms. The summed E-state index contributed by atoms with van der Waals surface area (Å²) in [4.78, 5) is 35.1. The Bertz CT molecular complexity index is 1600. The van der Waals surface area contributed by atoms with Gasteiger partial charge in [-0.2, -0.15) is 22.0 Å². The molecule has 2 saturated heterocycles. The van der Waals surface area contributed by atoms with Crippen LogP contribution in [-0.4, -0.2) is 90.7 Å². The molecule has 0 spiro atoms. The van der Waals surface area contributed by atoms with Crippen molar-refractivity contribution in [3.8, 4) is 5.75 Å². The van der Waals surface area contributed by atoms with Gasteiger partial charge in [0.2, 0.25) is 0 Å². The van der Waals surface area contributed by atoms with E-state index in [9.17, 15) is 50.8 Å². The molecule has 8 atom stereocenters. The first kappa shape index (κ1) is 46.9. The summed E-state index contributed by atoms with van der Waals surface area (Å²) in [5.74, 6) is -1.84. The standard InChI is InChI=1S/C43H66F5N2O7PS/c1-41-22-18-35-34-15-14-33(57-58(53,54)55)29-31(34)28-30(12-7-5-3-2-4-6-10-26-59(56)27-11-21-42(44,45)43(46,47)48)39(35)37(41)17-16-36(41)38-13-8-9-23-50(38)32-19-24-49(25-20-32)40(51)52/h14-15,29-30,32,35-39H,2-13,16-28H2,1H3,(H,51,52)(H2,53,54,55)/t30-,35-,36-,37+,38?,39+,41-,59?/m1/s1. The molecule has 2 aliphatic heterocycles. The Hall–Kier alpha value is -1.64. The number of amides is 1. The third-order valence-electron chi connectivity index (χ3n) is 15.2. The number of phosphoric ester groups is 1. The van der Waals surface area contributed by atoms with Crippen molar-refractivity contribution in [2.24, 2.45) is 29.1 Å². The van der Waals surface area contributed by atoms with E-state index in [1.54, 1.807) is 11.0 Å². The molecule has 3 aliphatic carbocycles. The lowest BCUT2D eigenvalue weighted by molar-refractivity contribution is -0.284. The van der Waals surface area contributed by atoms with Gasteiger partial charge in [0, 0.05) is 31.6 Å². The van der Waals surface area contributed by atoms with Gasteiger partial charge < -0.3 is 19.1 Å². The fraction of sp³-hybridized carbons (Fsp3) is 0.837. The van der Waals surface area contributed by atoms with Crippen LogP contribution in [0.3, 0.4) is 0 Å². The predicted molar refractivity (Wildman–Crippen MR) is 218 cm³/mol. The van der Waals surface area contributed by atoms with Crippen LogP contribution in [0, 0.1) is 29.1 Å². The van der Waals surface area contributed by atoms with E-state index < -0.39 is 50.0 Å². The fourth-order valence-electron chi connectivity index (χ4n) is 12.4. The molecule has 1 aromatic carbocycles. The van der Waals surface area contributed by atoms with Gasteiger partial charge >= 0.3 is 26.0 Å². The van der Waals surface area contributed by atoms with E-state index in [0.717, 1.165) is 89.2 Å². The topological polar surface area (TPSA) is 134 Å². The summed E-state index contributed by atoms with van der Waals surface area (Å²) >= 11 is -1.40. The number of nitrogens with zero attached hydrogens (tertiary/aromatic N) is 2. The smallest absolute Gasteiger partial charge is 0.524 e. The lowest BCUT2D eigenvalue weighted by Crippen LogP contribution is -2.56. The zero-order valence-corrected chi connectivity index (χ0v) is 36.3. The first-order valence-electron chi connectivity index (χ1n) is 22.3. The number of benzene rings is 1. The van der Waals surface area contributed by atoms with Gasteiger partial charge in [-0.3, -0.25) is 14.7 Å². The number of unbranched alkanes of at least 4 members (excludes halogenated alkanes) is 6. The number of hydrogen-bond acceptors (Lipinski definition) is 5. The molecule has 3 N–H and O–H groups in total.